The van der Waals surface area contributed by atoms with Gasteiger partial charge in [-0.15, -0.1) is 0 Å². The van der Waals surface area contributed by atoms with Gasteiger partial charge in [-0.05, 0) is 74.2 Å². The normalized spacial score (nSPS) is 46.1. The van der Waals surface area contributed by atoms with Crippen molar-refractivity contribution in [1.29, 1.82) is 0 Å². The van der Waals surface area contributed by atoms with Crippen LogP contribution in [-0.2, 0) is 6.54 Å². The first-order chi connectivity index (χ1) is 11.7. The summed E-state index contributed by atoms with van der Waals surface area (Å²) >= 11 is 0. The third-order valence-electron chi connectivity index (χ3n) is 8.11. The zero-order valence-electron chi connectivity index (χ0n) is 14.4. The molecule has 6 aliphatic rings. The molecular weight excluding hydrogens is 296 g/mol. The number of aromatic nitrogens is 1. The van der Waals surface area contributed by atoms with E-state index in [1.165, 1.54) is 50.9 Å². The van der Waals surface area contributed by atoms with Crippen LogP contribution in [0.2, 0.25) is 0 Å². The quantitative estimate of drug-likeness (QED) is 0.793. The standard InChI is InChI=1S/C21H28N2O/c24-20-3-1-2-19-18-9-15(11-23(19)20)10-22(12-18)21-16-5-13-4-14(7-16)8-17(21)6-13/h1-3,13-18,21H,4-12H2/t13?,14?,15-,16?,17?,18-,21?/m1/s1. The van der Waals surface area contributed by atoms with Crippen molar-refractivity contribution in [2.45, 2.75) is 57.0 Å². The van der Waals surface area contributed by atoms with E-state index in [-0.39, 0.29) is 5.56 Å². The molecule has 0 unspecified atom stereocenters. The van der Waals surface area contributed by atoms with Gasteiger partial charge in [0.25, 0.3) is 5.56 Å². The second kappa shape index (κ2) is 4.97. The minimum Gasteiger partial charge on any atom is -0.312 e. The average Bonchev–Trinajstić information content (AvgIpc) is 2.55. The van der Waals surface area contributed by atoms with Gasteiger partial charge >= 0.3 is 0 Å². The predicted octanol–water partition coefficient (Wildman–Crippen LogP) is 3.09. The van der Waals surface area contributed by atoms with E-state index < -0.39 is 0 Å². The molecule has 24 heavy (non-hydrogen) atoms. The number of likely N-dealkylation sites (tertiary alicyclic amines) is 1. The van der Waals surface area contributed by atoms with Crippen LogP contribution < -0.4 is 5.56 Å². The molecule has 128 valence electrons. The maximum absolute atomic E-state index is 12.2. The van der Waals surface area contributed by atoms with Gasteiger partial charge in [-0.2, -0.15) is 0 Å². The molecule has 1 aromatic heterocycles. The fraction of sp³-hybridized carbons (Fsp3) is 0.762. The highest BCUT2D eigenvalue weighted by atomic mass is 16.1. The van der Waals surface area contributed by atoms with E-state index in [4.69, 9.17) is 0 Å². The molecule has 4 saturated carbocycles. The Kier molecular flexibility index (Phi) is 2.92. The molecule has 7 rings (SSSR count). The Morgan fingerprint density at radius 1 is 0.792 bits per heavy atom. The van der Waals surface area contributed by atoms with Crippen LogP contribution in [0.1, 0.15) is 50.1 Å². The summed E-state index contributed by atoms with van der Waals surface area (Å²) in [5.74, 6) is 5.37. The Labute approximate surface area is 144 Å². The topological polar surface area (TPSA) is 25.2 Å². The number of fused-ring (bicyclic) bond motifs is 4. The molecule has 0 N–H and O–H groups in total. The molecule has 3 heteroatoms. The molecule has 6 bridgehead atoms. The molecule has 3 heterocycles. The highest BCUT2D eigenvalue weighted by Crippen LogP contribution is 2.56. The van der Waals surface area contributed by atoms with Gasteiger partial charge in [0, 0.05) is 43.4 Å². The van der Waals surface area contributed by atoms with Crippen molar-refractivity contribution in [1.82, 2.24) is 9.47 Å². The summed E-state index contributed by atoms with van der Waals surface area (Å²) in [7, 11) is 0. The molecule has 3 nitrogen and oxygen atoms in total. The van der Waals surface area contributed by atoms with Crippen molar-refractivity contribution in [3.05, 3.63) is 34.2 Å². The second-order valence-electron chi connectivity index (χ2n) is 9.57. The van der Waals surface area contributed by atoms with E-state index in [0.717, 1.165) is 36.3 Å². The Morgan fingerprint density at radius 3 is 2.29 bits per heavy atom. The maximum Gasteiger partial charge on any atom is 0.250 e. The van der Waals surface area contributed by atoms with Crippen LogP contribution in [0.25, 0.3) is 0 Å². The van der Waals surface area contributed by atoms with E-state index >= 15 is 0 Å². The van der Waals surface area contributed by atoms with Crippen LogP contribution >= 0.6 is 0 Å². The molecule has 0 amide bonds. The molecule has 0 aromatic carbocycles. The van der Waals surface area contributed by atoms with Crippen molar-refractivity contribution in [2.75, 3.05) is 13.1 Å². The Morgan fingerprint density at radius 2 is 1.54 bits per heavy atom. The number of pyridine rings is 1. The average molecular weight is 324 g/mol. The molecule has 5 fully saturated rings. The lowest BCUT2D eigenvalue weighted by Crippen LogP contribution is -2.60. The number of hydrogen-bond donors (Lipinski definition) is 0. The van der Waals surface area contributed by atoms with E-state index in [1.54, 1.807) is 12.5 Å². The summed E-state index contributed by atoms with van der Waals surface area (Å²) in [5, 5.41) is 0. The largest absolute Gasteiger partial charge is 0.312 e. The Balaban J connectivity index is 1.31. The smallest absolute Gasteiger partial charge is 0.250 e. The van der Waals surface area contributed by atoms with Crippen LogP contribution in [-0.4, -0.2) is 28.6 Å². The minimum absolute atomic E-state index is 0.213. The minimum atomic E-state index is 0.213. The zero-order valence-corrected chi connectivity index (χ0v) is 14.4. The van der Waals surface area contributed by atoms with Gasteiger partial charge in [0.1, 0.15) is 0 Å². The van der Waals surface area contributed by atoms with Crippen LogP contribution in [0, 0.1) is 29.6 Å². The number of rotatable bonds is 1. The SMILES string of the molecule is O=c1cccc2n1C[C@@H]1C[C@@H]2CN(C2C3CC4CC(C3)CC2C4)C1. The molecule has 2 atom stereocenters. The summed E-state index contributed by atoms with van der Waals surface area (Å²) < 4.78 is 2.08. The fourth-order valence-corrected chi connectivity index (χ4v) is 7.67. The van der Waals surface area contributed by atoms with Crippen LogP contribution in [0.5, 0.6) is 0 Å². The predicted molar refractivity (Wildman–Crippen MR) is 94.0 cm³/mol. The van der Waals surface area contributed by atoms with Gasteiger partial charge in [0.2, 0.25) is 0 Å². The van der Waals surface area contributed by atoms with Gasteiger partial charge in [-0.25, -0.2) is 0 Å². The lowest BCUT2D eigenvalue weighted by Gasteiger charge is -2.59. The first kappa shape index (κ1) is 14.1. The molecule has 1 saturated heterocycles. The molecule has 2 aliphatic heterocycles. The van der Waals surface area contributed by atoms with Crippen LogP contribution in [0.15, 0.2) is 23.0 Å². The highest BCUT2D eigenvalue weighted by Gasteiger charge is 2.51. The summed E-state index contributed by atoms with van der Waals surface area (Å²) in [4.78, 5) is 15.1. The van der Waals surface area contributed by atoms with Gasteiger partial charge in [0.05, 0.1) is 0 Å². The van der Waals surface area contributed by atoms with Crippen molar-refractivity contribution < 1.29 is 0 Å². The molecule has 0 radical (unpaired) electrons. The first-order valence-corrected chi connectivity index (χ1v) is 10.2. The van der Waals surface area contributed by atoms with E-state index in [2.05, 4.69) is 15.5 Å². The van der Waals surface area contributed by atoms with Gasteiger partial charge < -0.3 is 4.57 Å². The van der Waals surface area contributed by atoms with Gasteiger partial charge in [-0.3, -0.25) is 9.69 Å². The monoisotopic (exact) mass is 324 g/mol. The van der Waals surface area contributed by atoms with Crippen LogP contribution in [0.4, 0.5) is 0 Å². The summed E-state index contributed by atoms with van der Waals surface area (Å²) in [6.45, 7) is 3.40. The van der Waals surface area contributed by atoms with Crippen molar-refractivity contribution >= 4 is 0 Å². The molecule has 4 aliphatic carbocycles. The molecule has 1 aromatic rings. The summed E-state index contributed by atoms with van der Waals surface area (Å²) in [5.41, 5.74) is 1.53. The summed E-state index contributed by atoms with van der Waals surface area (Å²) in [6.07, 6.45) is 8.90. The van der Waals surface area contributed by atoms with Crippen LogP contribution in [0.3, 0.4) is 0 Å². The first-order valence-electron chi connectivity index (χ1n) is 10.2. The third-order valence-corrected chi connectivity index (χ3v) is 8.11. The van der Waals surface area contributed by atoms with Crippen molar-refractivity contribution in [3.8, 4) is 0 Å². The zero-order chi connectivity index (χ0) is 15.8. The van der Waals surface area contributed by atoms with Gasteiger partial charge in [-0.1, -0.05) is 6.07 Å². The Bertz CT molecular complexity index is 695. The van der Waals surface area contributed by atoms with Crippen molar-refractivity contribution in [2.24, 2.45) is 29.6 Å². The number of hydrogen-bond acceptors (Lipinski definition) is 2. The summed E-state index contributed by atoms with van der Waals surface area (Å²) in [6, 6.07) is 6.78. The Hall–Kier alpha value is -1.09. The molecular formula is C21H28N2O. The number of piperidine rings is 1. The highest BCUT2D eigenvalue weighted by molar-refractivity contribution is 5.17. The lowest BCUT2D eigenvalue weighted by molar-refractivity contribution is -0.0819. The van der Waals surface area contributed by atoms with E-state index in [1.807, 2.05) is 6.07 Å². The second-order valence-corrected chi connectivity index (χ2v) is 9.57. The van der Waals surface area contributed by atoms with Crippen molar-refractivity contribution in [3.63, 3.8) is 0 Å². The number of nitrogens with zero attached hydrogens (tertiary/aromatic N) is 2. The maximum atomic E-state index is 12.2. The molecule has 0 spiro atoms. The van der Waals surface area contributed by atoms with E-state index in [9.17, 15) is 4.79 Å². The van der Waals surface area contributed by atoms with E-state index in [0.29, 0.717) is 11.8 Å². The lowest BCUT2D eigenvalue weighted by atomic mass is 9.53. The fourth-order valence-electron chi connectivity index (χ4n) is 7.67. The third kappa shape index (κ3) is 1.97. The van der Waals surface area contributed by atoms with Gasteiger partial charge in [0.15, 0.2) is 0 Å².